The standard InChI is InChI=1S/C17H21N3O2.HI/c1-12-5-3-7-14(11-12)20-17(18)19-10-9-13-6-4-8-15(22-2)16(13)21;/h3-8,11,21H,9-10H2,1-2H3,(H3,18,19,20);1H. The van der Waals surface area contributed by atoms with E-state index in [-0.39, 0.29) is 29.7 Å². The Labute approximate surface area is 153 Å². The predicted octanol–water partition coefficient (Wildman–Crippen LogP) is 3.30. The van der Waals surface area contributed by atoms with E-state index in [0.717, 1.165) is 16.8 Å². The van der Waals surface area contributed by atoms with Gasteiger partial charge in [-0.1, -0.05) is 24.3 Å². The van der Waals surface area contributed by atoms with E-state index in [0.29, 0.717) is 24.7 Å². The predicted molar refractivity (Wildman–Crippen MR) is 105 cm³/mol. The molecule has 0 bridgehead atoms. The first-order valence-electron chi connectivity index (χ1n) is 7.08. The number of nitrogens with one attached hydrogen (secondary N) is 1. The summed E-state index contributed by atoms with van der Waals surface area (Å²) in [4.78, 5) is 4.27. The maximum atomic E-state index is 10.00. The zero-order valence-corrected chi connectivity index (χ0v) is 15.6. The number of para-hydroxylation sites is 1. The molecule has 0 amide bonds. The summed E-state index contributed by atoms with van der Waals surface area (Å²) < 4.78 is 5.08. The number of hydrogen-bond donors (Lipinski definition) is 3. The first-order valence-corrected chi connectivity index (χ1v) is 7.08. The summed E-state index contributed by atoms with van der Waals surface area (Å²) in [5.41, 5.74) is 8.71. The average Bonchev–Trinajstić information content (AvgIpc) is 2.49. The summed E-state index contributed by atoms with van der Waals surface area (Å²) in [6, 6.07) is 13.3. The molecule has 6 heteroatoms. The van der Waals surface area contributed by atoms with Gasteiger partial charge in [-0.3, -0.25) is 4.99 Å². The molecule has 0 aliphatic carbocycles. The summed E-state index contributed by atoms with van der Waals surface area (Å²) in [5, 5.41) is 13.0. The van der Waals surface area contributed by atoms with Gasteiger partial charge in [0.25, 0.3) is 0 Å². The number of halogens is 1. The normalized spacial score (nSPS) is 10.8. The number of aromatic hydroxyl groups is 1. The molecule has 23 heavy (non-hydrogen) atoms. The van der Waals surface area contributed by atoms with Gasteiger partial charge >= 0.3 is 0 Å². The van der Waals surface area contributed by atoms with Crippen molar-refractivity contribution in [3.8, 4) is 11.5 Å². The number of benzene rings is 2. The van der Waals surface area contributed by atoms with Crippen LogP contribution in [0.3, 0.4) is 0 Å². The number of nitrogens with zero attached hydrogens (tertiary/aromatic N) is 1. The van der Waals surface area contributed by atoms with Gasteiger partial charge in [0.05, 0.1) is 7.11 Å². The van der Waals surface area contributed by atoms with Crippen molar-refractivity contribution >= 4 is 35.6 Å². The fourth-order valence-corrected chi connectivity index (χ4v) is 2.14. The Balaban J connectivity index is 0.00000264. The molecule has 0 heterocycles. The van der Waals surface area contributed by atoms with Gasteiger partial charge < -0.3 is 20.9 Å². The third kappa shape index (κ3) is 5.63. The van der Waals surface area contributed by atoms with Crippen molar-refractivity contribution in [3.63, 3.8) is 0 Å². The Morgan fingerprint density at radius 2 is 2.00 bits per heavy atom. The number of aryl methyl sites for hydroxylation is 1. The number of phenolic OH excluding ortho intramolecular Hbond substituents is 1. The molecule has 124 valence electrons. The average molecular weight is 427 g/mol. The molecule has 0 radical (unpaired) electrons. The molecule has 0 atom stereocenters. The Bertz CT molecular complexity index is 675. The Hall–Kier alpha value is -1.96. The second-order valence-corrected chi connectivity index (χ2v) is 4.98. The minimum absolute atomic E-state index is 0. The molecule has 5 nitrogen and oxygen atoms in total. The Morgan fingerprint density at radius 3 is 2.70 bits per heavy atom. The van der Waals surface area contributed by atoms with E-state index in [1.54, 1.807) is 6.07 Å². The van der Waals surface area contributed by atoms with Gasteiger partial charge in [0.1, 0.15) is 0 Å². The number of ether oxygens (including phenoxy) is 1. The molecule has 2 aromatic rings. The minimum Gasteiger partial charge on any atom is -0.504 e. The van der Waals surface area contributed by atoms with Crippen molar-refractivity contribution in [2.24, 2.45) is 10.7 Å². The number of methoxy groups -OCH3 is 1. The van der Waals surface area contributed by atoms with Gasteiger partial charge in [-0.25, -0.2) is 0 Å². The molecule has 0 saturated carbocycles. The smallest absolute Gasteiger partial charge is 0.193 e. The second kappa shape index (κ2) is 9.24. The zero-order valence-electron chi connectivity index (χ0n) is 13.2. The van der Waals surface area contributed by atoms with Crippen LogP contribution in [0.15, 0.2) is 47.5 Å². The molecular weight excluding hydrogens is 405 g/mol. The fourth-order valence-electron chi connectivity index (χ4n) is 2.14. The highest BCUT2D eigenvalue weighted by molar-refractivity contribution is 14.0. The van der Waals surface area contributed by atoms with Gasteiger partial charge in [0.2, 0.25) is 0 Å². The number of hydrogen-bond acceptors (Lipinski definition) is 3. The number of rotatable bonds is 5. The highest BCUT2D eigenvalue weighted by Gasteiger charge is 2.06. The maximum absolute atomic E-state index is 10.00. The molecule has 2 aromatic carbocycles. The topological polar surface area (TPSA) is 79.9 Å². The van der Waals surface area contributed by atoms with Crippen molar-refractivity contribution in [2.45, 2.75) is 13.3 Å². The van der Waals surface area contributed by atoms with Gasteiger partial charge in [-0.05, 0) is 42.7 Å². The number of nitrogens with two attached hydrogens (primary N) is 1. The molecule has 0 spiro atoms. The largest absolute Gasteiger partial charge is 0.504 e. The summed E-state index contributed by atoms with van der Waals surface area (Å²) in [6.45, 7) is 2.50. The van der Waals surface area contributed by atoms with Crippen molar-refractivity contribution < 1.29 is 9.84 Å². The van der Waals surface area contributed by atoms with Crippen molar-refractivity contribution in [1.29, 1.82) is 0 Å². The molecule has 4 N–H and O–H groups in total. The van der Waals surface area contributed by atoms with Crippen LogP contribution in [0.1, 0.15) is 11.1 Å². The lowest BCUT2D eigenvalue weighted by Crippen LogP contribution is -2.23. The number of aliphatic imine (C=N–C) groups is 1. The van der Waals surface area contributed by atoms with Gasteiger partial charge in [-0.15, -0.1) is 24.0 Å². The quantitative estimate of drug-likeness (QED) is 0.389. The van der Waals surface area contributed by atoms with E-state index in [9.17, 15) is 5.11 Å². The van der Waals surface area contributed by atoms with Crippen molar-refractivity contribution in [2.75, 3.05) is 19.0 Å². The van der Waals surface area contributed by atoms with E-state index in [4.69, 9.17) is 10.5 Å². The van der Waals surface area contributed by atoms with E-state index in [1.165, 1.54) is 7.11 Å². The minimum atomic E-state index is 0. The van der Waals surface area contributed by atoms with Gasteiger partial charge in [-0.2, -0.15) is 0 Å². The number of guanidine groups is 1. The lowest BCUT2D eigenvalue weighted by Gasteiger charge is -2.08. The fraction of sp³-hybridized carbons (Fsp3) is 0.235. The van der Waals surface area contributed by atoms with Crippen LogP contribution in [0.5, 0.6) is 11.5 Å². The van der Waals surface area contributed by atoms with E-state index in [2.05, 4.69) is 10.3 Å². The molecule has 0 fully saturated rings. The van der Waals surface area contributed by atoms with Crippen LogP contribution in [-0.2, 0) is 6.42 Å². The van der Waals surface area contributed by atoms with Gasteiger partial charge in [0.15, 0.2) is 17.5 Å². The molecular formula is C17H22IN3O2. The second-order valence-electron chi connectivity index (χ2n) is 4.98. The zero-order chi connectivity index (χ0) is 15.9. The molecule has 0 aliphatic heterocycles. The molecule has 0 saturated heterocycles. The first-order chi connectivity index (χ1) is 10.6. The van der Waals surface area contributed by atoms with Crippen LogP contribution in [0.25, 0.3) is 0 Å². The third-order valence-electron chi connectivity index (χ3n) is 3.26. The highest BCUT2D eigenvalue weighted by atomic mass is 127. The third-order valence-corrected chi connectivity index (χ3v) is 3.26. The Kier molecular flexibility index (Phi) is 7.67. The monoisotopic (exact) mass is 427 g/mol. The lowest BCUT2D eigenvalue weighted by molar-refractivity contribution is 0.370. The molecule has 2 rings (SSSR count). The Morgan fingerprint density at radius 1 is 1.26 bits per heavy atom. The number of anilines is 1. The van der Waals surface area contributed by atoms with Crippen molar-refractivity contribution in [3.05, 3.63) is 53.6 Å². The van der Waals surface area contributed by atoms with Crippen LogP contribution in [0, 0.1) is 6.92 Å². The van der Waals surface area contributed by atoms with Crippen LogP contribution in [0.4, 0.5) is 5.69 Å². The number of phenols is 1. The van der Waals surface area contributed by atoms with Crippen LogP contribution < -0.4 is 15.8 Å². The summed E-state index contributed by atoms with van der Waals surface area (Å²) in [6.07, 6.45) is 0.583. The van der Waals surface area contributed by atoms with E-state index >= 15 is 0 Å². The summed E-state index contributed by atoms with van der Waals surface area (Å²) in [5.74, 6) is 0.978. The SMILES string of the molecule is COc1cccc(CCN=C(N)Nc2cccc(C)c2)c1O.I. The molecule has 0 aliphatic rings. The van der Waals surface area contributed by atoms with Crippen LogP contribution in [0.2, 0.25) is 0 Å². The van der Waals surface area contributed by atoms with Gasteiger partial charge in [0, 0.05) is 12.2 Å². The lowest BCUT2D eigenvalue weighted by atomic mass is 10.1. The first kappa shape index (κ1) is 19.1. The van der Waals surface area contributed by atoms with Crippen LogP contribution in [-0.4, -0.2) is 24.7 Å². The molecule has 0 aromatic heterocycles. The maximum Gasteiger partial charge on any atom is 0.193 e. The van der Waals surface area contributed by atoms with E-state index in [1.807, 2.05) is 43.3 Å². The highest BCUT2D eigenvalue weighted by Crippen LogP contribution is 2.29. The van der Waals surface area contributed by atoms with Crippen molar-refractivity contribution in [1.82, 2.24) is 0 Å². The van der Waals surface area contributed by atoms with Crippen LogP contribution >= 0.6 is 24.0 Å². The summed E-state index contributed by atoms with van der Waals surface area (Å²) >= 11 is 0. The molecule has 0 unspecified atom stereocenters. The van der Waals surface area contributed by atoms with E-state index < -0.39 is 0 Å². The summed E-state index contributed by atoms with van der Waals surface area (Å²) in [7, 11) is 1.53.